The number of carbonyl (C=O) groups excluding carboxylic acids is 1. The van der Waals surface area contributed by atoms with Crippen molar-refractivity contribution in [2.24, 2.45) is 0 Å². The lowest BCUT2D eigenvalue weighted by Gasteiger charge is -2.01. The number of rotatable bonds is 3. The molecule has 76 valence electrons. The first-order chi connectivity index (χ1) is 7.31. The number of hydrogen-bond donors (Lipinski definition) is 1. The van der Waals surface area contributed by atoms with E-state index in [1.807, 2.05) is 0 Å². The molecular weight excluding hydrogens is 192 g/mol. The van der Waals surface area contributed by atoms with Gasteiger partial charge in [0.05, 0.1) is 7.11 Å². The van der Waals surface area contributed by atoms with Crippen molar-refractivity contribution < 1.29 is 9.53 Å². The minimum Gasteiger partial charge on any atom is -0.497 e. The third kappa shape index (κ3) is 1.88. The molecule has 1 aromatic carbocycles. The van der Waals surface area contributed by atoms with Crippen LogP contribution in [0, 0.1) is 0 Å². The molecule has 2 rings (SSSR count). The molecule has 0 atom stereocenters. The second-order valence-electron chi connectivity index (χ2n) is 3.00. The Morgan fingerprint density at radius 3 is 3.00 bits per heavy atom. The summed E-state index contributed by atoms with van der Waals surface area (Å²) in [5.74, 6) is 0.856. The Labute approximate surface area is 86.9 Å². The maximum atomic E-state index is 11.8. The molecule has 0 unspecified atom stereocenters. The second-order valence-corrected chi connectivity index (χ2v) is 3.00. The molecule has 0 saturated carbocycles. The fourth-order valence-corrected chi connectivity index (χ4v) is 1.29. The molecule has 1 aromatic heterocycles. The number of aromatic amines is 1. The third-order valence-electron chi connectivity index (χ3n) is 2.05. The molecule has 0 bridgehead atoms. The van der Waals surface area contributed by atoms with Crippen LogP contribution < -0.4 is 4.74 Å². The molecule has 0 aliphatic heterocycles. The van der Waals surface area contributed by atoms with Gasteiger partial charge in [-0.05, 0) is 12.1 Å². The molecular formula is C11H10N2O2. The van der Waals surface area contributed by atoms with E-state index in [4.69, 9.17) is 4.74 Å². The molecule has 4 heteroatoms. The molecule has 0 spiro atoms. The van der Waals surface area contributed by atoms with E-state index < -0.39 is 0 Å². The fraction of sp³-hybridized carbons (Fsp3) is 0.0909. The molecule has 2 aromatic rings. The normalized spacial score (nSPS) is 9.93. The van der Waals surface area contributed by atoms with Crippen LogP contribution in [-0.4, -0.2) is 22.9 Å². The van der Waals surface area contributed by atoms with Crippen LogP contribution in [0.3, 0.4) is 0 Å². The van der Waals surface area contributed by atoms with Crippen molar-refractivity contribution in [3.8, 4) is 5.75 Å². The molecule has 1 N–H and O–H groups in total. The lowest BCUT2D eigenvalue weighted by Crippen LogP contribution is -2.03. The van der Waals surface area contributed by atoms with Gasteiger partial charge in [0.15, 0.2) is 5.82 Å². The molecule has 1 heterocycles. The monoisotopic (exact) mass is 202 g/mol. The van der Waals surface area contributed by atoms with Crippen molar-refractivity contribution in [3.63, 3.8) is 0 Å². The van der Waals surface area contributed by atoms with Crippen LogP contribution >= 0.6 is 0 Å². The number of H-pyrrole nitrogens is 1. The van der Waals surface area contributed by atoms with Crippen LogP contribution in [0.2, 0.25) is 0 Å². The van der Waals surface area contributed by atoms with Gasteiger partial charge in [-0.3, -0.25) is 4.79 Å². The zero-order valence-corrected chi connectivity index (χ0v) is 8.23. The van der Waals surface area contributed by atoms with Gasteiger partial charge in [0.1, 0.15) is 5.75 Å². The predicted octanol–water partition coefficient (Wildman–Crippen LogP) is 1.65. The van der Waals surface area contributed by atoms with Crippen molar-refractivity contribution in [2.75, 3.05) is 7.11 Å². The Hall–Kier alpha value is -2.10. The first-order valence-electron chi connectivity index (χ1n) is 4.49. The van der Waals surface area contributed by atoms with Gasteiger partial charge in [0.2, 0.25) is 5.78 Å². The van der Waals surface area contributed by atoms with Crippen LogP contribution in [0.25, 0.3) is 0 Å². The summed E-state index contributed by atoms with van der Waals surface area (Å²) in [7, 11) is 1.57. The van der Waals surface area contributed by atoms with E-state index in [0.29, 0.717) is 17.1 Å². The van der Waals surface area contributed by atoms with Crippen molar-refractivity contribution in [2.45, 2.75) is 0 Å². The summed E-state index contributed by atoms with van der Waals surface area (Å²) in [5.41, 5.74) is 0.560. The van der Waals surface area contributed by atoms with Gasteiger partial charge < -0.3 is 9.72 Å². The number of aromatic nitrogens is 2. The maximum Gasteiger partial charge on any atom is 0.228 e. The first-order valence-corrected chi connectivity index (χ1v) is 4.49. The summed E-state index contributed by atoms with van der Waals surface area (Å²) >= 11 is 0. The van der Waals surface area contributed by atoms with Gasteiger partial charge in [0, 0.05) is 18.0 Å². The van der Waals surface area contributed by atoms with Crippen LogP contribution in [0.1, 0.15) is 16.2 Å². The topological polar surface area (TPSA) is 55.0 Å². The summed E-state index contributed by atoms with van der Waals surface area (Å²) in [6.07, 6.45) is 3.17. The van der Waals surface area contributed by atoms with E-state index in [1.165, 1.54) is 0 Å². The van der Waals surface area contributed by atoms with Gasteiger partial charge in [-0.1, -0.05) is 12.1 Å². The summed E-state index contributed by atoms with van der Waals surface area (Å²) in [6, 6.07) is 6.98. The van der Waals surface area contributed by atoms with Gasteiger partial charge in [-0.15, -0.1) is 0 Å². The highest BCUT2D eigenvalue weighted by Crippen LogP contribution is 2.14. The number of imidazole rings is 1. The van der Waals surface area contributed by atoms with E-state index in [9.17, 15) is 4.79 Å². The lowest BCUT2D eigenvalue weighted by atomic mass is 10.1. The molecule has 4 nitrogen and oxygen atoms in total. The number of methoxy groups -OCH3 is 1. The number of benzene rings is 1. The van der Waals surface area contributed by atoms with Gasteiger partial charge in [0.25, 0.3) is 0 Å². The van der Waals surface area contributed by atoms with Gasteiger partial charge in [-0.25, -0.2) is 4.98 Å². The highest BCUT2D eigenvalue weighted by molar-refractivity contribution is 6.06. The molecule has 0 radical (unpaired) electrons. The van der Waals surface area contributed by atoms with Crippen LogP contribution in [-0.2, 0) is 0 Å². The molecule has 0 aliphatic rings. The number of hydrogen-bond acceptors (Lipinski definition) is 3. The molecule has 15 heavy (non-hydrogen) atoms. The SMILES string of the molecule is COc1cccc(C(=O)c2ncc[nH]2)c1. The van der Waals surface area contributed by atoms with Crippen LogP contribution in [0.4, 0.5) is 0 Å². The van der Waals surface area contributed by atoms with Gasteiger partial charge in [-0.2, -0.15) is 0 Å². The van der Waals surface area contributed by atoms with E-state index in [1.54, 1.807) is 43.8 Å². The summed E-state index contributed by atoms with van der Waals surface area (Å²) < 4.78 is 5.04. The largest absolute Gasteiger partial charge is 0.497 e. The Morgan fingerprint density at radius 2 is 2.33 bits per heavy atom. The number of ketones is 1. The number of nitrogens with zero attached hydrogens (tertiary/aromatic N) is 1. The zero-order valence-electron chi connectivity index (χ0n) is 8.23. The van der Waals surface area contributed by atoms with E-state index in [2.05, 4.69) is 9.97 Å². The van der Waals surface area contributed by atoms with E-state index in [-0.39, 0.29) is 5.78 Å². The van der Waals surface area contributed by atoms with Crippen LogP contribution in [0.15, 0.2) is 36.7 Å². The quantitative estimate of drug-likeness (QED) is 0.770. The minimum atomic E-state index is -0.140. The maximum absolute atomic E-state index is 11.8. The number of carbonyl (C=O) groups is 1. The van der Waals surface area contributed by atoms with Crippen molar-refractivity contribution in [3.05, 3.63) is 48.0 Å². The standard InChI is InChI=1S/C11H10N2O2/c1-15-9-4-2-3-8(7-9)10(14)11-12-5-6-13-11/h2-7H,1H3,(H,12,13). The fourth-order valence-electron chi connectivity index (χ4n) is 1.29. The number of nitrogens with one attached hydrogen (secondary N) is 1. The average Bonchev–Trinajstić information content (AvgIpc) is 2.81. The molecule has 0 fully saturated rings. The summed E-state index contributed by atoms with van der Waals surface area (Å²) in [6.45, 7) is 0. The average molecular weight is 202 g/mol. The smallest absolute Gasteiger partial charge is 0.228 e. The van der Waals surface area contributed by atoms with Gasteiger partial charge >= 0.3 is 0 Å². The highest BCUT2D eigenvalue weighted by Gasteiger charge is 2.11. The molecule has 0 amide bonds. The predicted molar refractivity (Wildman–Crippen MR) is 55.0 cm³/mol. The Bertz CT molecular complexity index is 463. The first kappa shape index (κ1) is 9.45. The Kier molecular flexibility index (Phi) is 2.49. The Balaban J connectivity index is 2.34. The lowest BCUT2D eigenvalue weighted by molar-refractivity contribution is 0.103. The van der Waals surface area contributed by atoms with E-state index >= 15 is 0 Å². The molecule has 0 saturated heterocycles. The van der Waals surface area contributed by atoms with Crippen molar-refractivity contribution >= 4 is 5.78 Å². The summed E-state index contributed by atoms with van der Waals surface area (Å²) in [4.78, 5) is 18.5. The van der Waals surface area contributed by atoms with Crippen molar-refractivity contribution in [1.29, 1.82) is 0 Å². The molecule has 0 aliphatic carbocycles. The van der Waals surface area contributed by atoms with Crippen LogP contribution in [0.5, 0.6) is 5.75 Å². The van der Waals surface area contributed by atoms with E-state index in [0.717, 1.165) is 0 Å². The minimum absolute atomic E-state index is 0.140. The third-order valence-corrected chi connectivity index (χ3v) is 2.05. The number of ether oxygens (including phenoxy) is 1. The summed E-state index contributed by atoms with van der Waals surface area (Å²) in [5, 5.41) is 0. The Morgan fingerprint density at radius 1 is 1.47 bits per heavy atom. The second kappa shape index (κ2) is 3.96. The highest BCUT2D eigenvalue weighted by atomic mass is 16.5. The zero-order chi connectivity index (χ0) is 10.7. The van der Waals surface area contributed by atoms with Crippen molar-refractivity contribution in [1.82, 2.24) is 9.97 Å².